The Kier molecular flexibility index (Phi) is 5.07. The fraction of sp³-hybridized carbons (Fsp3) is 0.571. The zero-order valence-corrected chi connectivity index (χ0v) is 13.4. The van der Waals surface area contributed by atoms with Gasteiger partial charge in [0.1, 0.15) is 5.75 Å². The van der Waals surface area contributed by atoms with E-state index in [1.165, 1.54) is 5.69 Å². The first-order chi connectivity index (χ1) is 9.11. The summed E-state index contributed by atoms with van der Waals surface area (Å²) in [5.74, 6) is 0.869. The molecule has 0 amide bonds. The van der Waals surface area contributed by atoms with E-state index in [-0.39, 0.29) is 0 Å². The van der Waals surface area contributed by atoms with Crippen molar-refractivity contribution in [3.8, 4) is 5.75 Å². The molecule has 1 fully saturated rings. The molecule has 5 heteroatoms. The molecule has 0 saturated carbocycles. The fourth-order valence-corrected chi connectivity index (χ4v) is 2.91. The largest absolute Gasteiger partial charge is 0.496 e. The minimum Gasteiger partial charge on any atom is -0.496 e. The maximum Gasteiger partial charge on any atom is 0.133 e. The average Bonchev–Trinajstić information content (AvgIpc) is 2.41. The van der Waals surface area contributed by atoms with E-state index in [4.69, 9.17) is 4.74 Å². The van der Waals surface area contributed by atoms with Crippen LogP contribution in [0.1, 0.15) is 0 Å². The van der Waals surface area contributed by atoms with Crippen molar-refractivity contribution in [1.82, 2.24) is 10.2 Å². The predicted octanol–water partition coefficient (Wildman–Crippen LogP) is 1.80. The Balaban J connectivity index is 2.02. The van der Waals surface area contributed by atoms with Crippen LogP contribution < -0.4 is 15.0 Å². The molecule has 1 aromatic rings. The molecule has 1 aliphatic heterocycles. The van der Waals surface area contributed by atoms with Crippen LogP contribution in [0, 0.1) is 0 Å². The number of methoxy groups -OCH3 is 1. The number of rotatable bonds is 4. The predicted molar refractivity (Wildman–Crippen MR) is 83.3 cm³/mol. The van der Waals surface area contributed by atoms with E-state index in [9.17, 15) is 0 Å². The lowest BCUT2D eigenvalue weighted by Crippen LogP contribution is -2.53. The van der Waals surface area contributed by atoms with E-state index in [0.29, 0.717) is 6.04 Å². The van der Waals surface area contributed by atoms with Crippen molar-refractivity contribution < 1.29 is 4.74 Å². The van der Waals surface area contributed by atoms with Crippen LogP contribution in [-0.4, -0.2) is 58.3 Å². The number of halogens is 1. The van der Waals surface area contributed by atoms with Crippen molar-refractivity contribution in [3.05, 3.63) is 22.7 Å². The van der Waals surface area contributed by atoms with Crippen molar-refractivity contribution >= 4 is 21.6 Å². The third-order valence-corrected chi connectivity index (χ3v) is 4.33. The maximum atomic E-state index is 5.26. The first-order valence-corrected chi connectivity index (χ1v) is 7.36. The van der Waals surface area contributed by atoms with Gasteiger partial charge in [0.15, 0.2) is 0 Å². The molecule has 0 spiro atoms. The van der Waals surface area contributed by atoms with Crippen molar-refractivity contribution in [3.63, 3.8) is 0 Å². The van der Waals surface area contributed by atoms with Gasteiger partial charge in [-0.1, -0.05) is 0 Å². The molecule has 1 saturated heterocycles. The Bertz CT molecular complexity index is 427. The first-order valence-electron chi connectivity index (χ1n) is 6.57. The summed E-state index contributed by atoms with van der Waals surface area (Å²) in [6, 6.07) is 6.76. The number of hydrogen-bond donors (Lipinski definition) is 1. The molecule has 4 nitrogen and oxygen atoms in total. The van der Waals surface area contributed by atoms with Crippen LogP contribution in [-0.2, 0) is 0 Å². The number of nitrogens with zero attached hydrogens (tertiary/aromatic N) is 2. The third kappa shape index (κ3) is 3.61. The second kappa shape index (κ2) is 6.59. The Morgan fingerprint density at radius 1 is 1.53 bits per heavy atom. The highest BCUT2D eigenvalue weighted by Crippen LogP contribution is 2.29. The van der Waals surface area contributed by atoms with Crippen LogP contribution >= 0.6 is 15.9 Å². The van der Waals surface area contributed by atoms with E-state index < -0.39 is 0 Å². The van der Waals surface area contributed by atoms with Crippen LogP contribution in [0.3, 0.4) is 0 Å². The van der Waals surface area contributed by atoms with Crippen LogP contribution in [0.4, 0.5) is 5.69 Å². The number of piperazine rings is 1. The highest BCUT2D eigenvalue weighted by molar-refractivity contribution is 9.10. The molecule has 106 valence electrons. The Morgan fingerprint density at radius 3 is 2.95 bits per heavy atom. The van der Waals surface area contributed by atoms with Crippen molar-refractivity contribution in [2.45, 2.75) is 6.04 Å². The number of hydrogen-bond acceptors (Lipinski definition) is 4. The minimum atomic E-state index is 0.555. The SMILES string of the molecule is COc1ccc(N(C)CC2CNCCN2C)cc1Br. The molecule has 1 aromatic carbocycles. The van der Waals surface area contributed by atoms with Gasteiger partial charge in [0.25, 0.3) is 0 Å². The van der Waals surface area contributed by atoms with Gasteiger partial charge in [-0.2, -0.15) is 0 Å². The molecular formula is C14H22BrN3O. The molecule has 0 bridgehead atoms. The first kappa shape index (κ1) is 14.6. The molecule has 1 N–H and O–H groups in total. The Hall–Kier alpha value is -0.780. The van der Waals surface area contributed by atoms with E-state index in [1.807, 2.05) is 6.07 Å². The number of ether oxygens (including phenoxy) is 1. The van der Waals surface area contributed by atoms with Gasteiger partial charge in [0.05, 0.1) is 11.6 Å². The van der Waals surface area contributed by atoms with Crippen molar-refractivity contribution in [1.29, 1.82) is 0 Å². The summed E-state index contributed by atoms with van der Waals surface area (Å²) in [4.78, 5) is 4.71. The monoisotopic (exact) mass is 327 g/mol. The summed E-state index contributed by atoms with van der Waals surface area (Å²) in [7, 11) is 6.02. The maximum absolute atomic E-state index is 5.26. The quantitative estimate of drug-likeness (QED) is 0.912. The van der Waals surface area contributed by atoms with Gasteiger partial charge in [-0.25, -0.2) is 0 Å². The number of benzene rings is 1. The lowest BCUT2D eigenvalue weighted by atomic mass is 10.2. The smallest absolute Gasteiger partial charge is 0.133 e. The van der Waals surface area contributed by atoms with Gasteiger partial charge < -0.3 is 15.0 Å². The van der Waals surface area contributed by atoms with E-state index in [0.717, 1.165) is 36.4 Å². The summed E-state index contributed by atoms with van der Waals surface area (Å²) in [6.07, 6.45) is 0. The molecule has 0 aromatic heterocycles. The standard InChI is InChI=1S/C14H22BrN3O/c1-17-7-6-16-9-12(17)10-18(2)11-4-5-14(19-3)13(15)8-11/h4-5,8,12,16H,6-7,9-10H2,1-3H3. The van der Waals surface area contributed by atoms with E-state index in [1.54, 1.807) is 7.11 Å². The van der Waals surface area contributed by atoms with Crippen LogP contribution in [0.15, 0.2) is 22.7 Å². The highest BCUT2D eigenvalue weighted by Gasteiger charge is 2.20. The molecule has 1 heterocycles. The second-order valence-electron chi connectivity index (χ2n) is 5.04. The Labute approximate surface area is 123 Å². The van der Waals surface area contributed by atoms with Gasteiger partial charge in [-0.3, -0.25) is 4.90 Å². The lowest BCUT2D eigenvalue weighted by molar-refractivity contribution is 0.204. The van der Waals surface area contributed by atoms with Crippen LogP contribution in [0.25, 0.3) is 0 Å². The molecule has 19 heavy (non-hydrogen) atoms. The average molecular weight is 328 g/mol. The molecule has 2 rings (SSSR count). The van der Waals surface area contributed by atoms with Gasteiger partial charge in [0, 0.05) is 45.0 Å². The third-order valence-electron chi connectivity index (χ3n) is 3.71. The van der Waals surface area contributed by atoms with Crippen molar-refractivity contribution in [2.75, 3.05) is 52.3 Å². The summed E-state index contributed by atoms with van der Waals surface area (Å²) >= 11 is 3.54. The number of likely N-dealkylation sites (N-methyl/N-ethyl adjacent to an activating group) is 2. The van der Waals surface area contributed by atoms with Crippen LogP contribution in [0.5, 0.6) is 5.75 Å². The summed E-state index contributed by atoms with van der Waals surface area (Å²) in [5.41, 5.74) is 1.20. The topological polar surface area (TPSA) is 27.7 Å². The molecule has 1 unspecified atom stereocenters. The van der Waals surface area contributed by atoms with Crippen LogP contribution in [0.2, 0.25) is 0 Å². The number of anilines is 1. The van der Waals surface area contributed by atoms with Gasteiger partial charge in [0.2, 0.25) is 0 Å². The Morgan fingerprint density at radius 2 is 2.32 bits per heavy atom. The summed E-state index contributed by atoms with van der Waals surface area (Å²) < 4.78 is 6.26. The molecule has 0 radical (unpaired) electrons. The number of nitrogens with one attached hydrogen (secondary N) is 1. The van der Waals surface area contributed by atoms with E-state index >= 15 is 0 Å². The second-order valence-corrected chi connectivity index (χ2v) is 5.89. The summed E-state index contributed by atoms with van der Waals surface area (Å²) in [5, 5.41) is 3.45. The summed E-state index contributed by atoms with van der Waals surface area (Å²) in [6.45, 7) is 4.27. The normalized spacial score (nSPS) is 20.3. The minimum absolute atomic E-state index is 0.555. The molecular weight excluding hydrogens is 306 g/mol. The lowest BCUT2D eigenvalue weighted by Gasteiger charge is -2.36. The van der Waals surface area contributed by atoms with Gasteiger partial charge in [-0.15, -0.1) is 0 Å². The van der Waals surface area contributed by atoms with E-state index in [2.05, 4.69) is 57.3 Å². The molecule has 1 aliphatic rings. The fourth-order valence-electron chi connectivity index (χ4n) is 2.38. The van der Waals surface area contributed by atoms with Gasteiger partial charge >= 0.3 is 0 Å². The zero-order valence-electron chi connectivity index (χ0n) is 11.8. The highest BCUT2D eigenvalue weighted by atomic mass is 79.9. The molecule has 0 aliphatic carbocycles. The van der Waals surface area contributed by atoms with Gasteiger partial charge in [-0.05, 0) is 41.2 Å². The van der Waals surface area contributed by atoms with Crippen molar-refractivity contribution in [2.24, 2.45) is 0 Å². The zero-order chi connectivity index (χ0) is 13.8. The molecule has 1 atom stereocenters.